The highest BCUT2D eigenvalue weighted by Crippen LogP contribution is 2.05. The third-order valence-electron chi connectivity index (χ3n) is 2.24. The van der Waals surface area contributed by atoms with Gasteiger partial charge >= 0.3 is 0 Å². The van der Waals surface area contributed by atoms with Crippen molar-refractivity contribution in [1.29, 1.82) is 0 Å². The van der Waals surface area contributed by atoms with Gasteiger partial charge in [-0.2, -0.15) is 0 Å². The molecule has 2 aromatic carbocycles. The summed E-state index contributed by atoms with van der Waals surface area (Å²) < 4.78 is 0. The number of hydrogen-bond donors (Lipinski definition) is 1. The number of ketones is 1. The van der Waals surface area contributed by atoms with Gasteiger partial charge in [-0.3, -0.25) is 4.79 Å². The Morgan fingerprint density at radius 1 is 1.06 bits per heavy atom. The van der Waals surface area contributed by atoms with E-state index < -0.39 is 0 Å². The molecule has 2 aromatic rings. The molecule has 0 aliphatic rings. The molecule has 0 spiro atoms. The number of para-hydroxylation sites is 1. The zero-order chi connectivity index (χ0) is 11.2. The maximum absolute atomic E-state index is 11.7. The summed E-state index contributed by atoms with van der Waals surface area (Å²) in [7, 11) is 0. The largest absolute Gasteiger partial charge is 0.377 e. The van der Waals surface area contributed by atoms with Gasteiger partial charge in [0.05, 0.1) is 6.54 Å². The number of nitrogens with one attached hydrogen (secondary N) is 1. The van der Waals surface area contributed by atoms with Crippen LogP contribution in [0.2, 0.25) is 0 Å². The first-order valence-corrected chi connectivity index (χ1v) is 5.15. The van der Waals surface area contributed by atoms with Crippen molar-refractivity contribution in [1.82, 2.24) is 0 Å². The summed E-state index contributed by atoms with van der Waals surface area (Å²) in [5.41, 5.74) is 1.57. The molecule has 0 atom stereocenters. The molecule has 0 bridgehead atoms. The Hall–Kier alpha value is -2.09. The van der Waals surface area contributed by atoms with Crippen molar-refractivity contribution in [2.75, 3.05) is 11.9 Å². The van der Waals surface area contributed by atoms with Gasteiger partial charge < -0.3 is 5.32 Å². The van der Waals surface area contributed by atoms with Crippen molar-refractivity contribution in [2.24, 2.45) is 0 Å². The highest BCUT2D eigenvalue weighted by atomic mass is 16.1. The molecule has 1 radical (unpaired) electrons. The Morgan fingerprint density at radius 3 is 2.50 bits per heavy atom. The lowest BCUT2D eigenvalue weighted by Gasteiger charge is -2.04. The van der Waals surface area contributed by atoms with E-state index in [0.29, 0.717) is 6.54 Å². The van der Waals surface area contributed by atoms with E-state index in [0.717, 1.165) is 11.3 Å². The SMILES string of the molecule is O=C(CNc1[c]cccc1)c1ccccc1. The first-order valence-electron chi connectivity index (χ1n) is 5.15. The molecule has 0 aliphatic heterocycles. The van der Waals surface area contributed by atoms with Crippen molar-refractivity contribution in [2.45, 2.75) is 0 Å². The van der Waals surface area contributed by atoms with E-state index in [2.05, 4.69) is 11.4 Å². The number of carbonyl (C=O) groups is 1. The van der Waals surface area contributed by atoms with Gasteiger partial charge in [-0.1, -0.05) is 48.5 Å². The molecule has 2 rings (SSSR count). The molecule has 16 heavy (non-hydrogen) atoms. The molecule has 2 nitrogen and oxygen atoms in total. The summed E-state index contributed by atoms with van der Waals surface area (Å²) in [4.78, 5) is 11.7. The second-order valence-corrected chi connectivity index (χ2v) is 3.42. The zero-order valence-corrected chi connectivity index (χ0v) is 8.81. The van der Waals surface area contributed by atoms with Gasteiger partial charge in [-0.15, -0.1) is 0 Å². The van der Waals surface area contributed by atoms with E-state index >= 15 is 0 Å². The van der Waals surface area contributed by atoms with Gasteiger partial charge in [0.1, 0.15) is 0 Å². The van der Waals surface area contributed by atoms with E-state index in [9.17, 15) is 4.79 Å². The van der Waals surface area contributed by atoms with Crippen LogP contribution in [0.5, 0.6) is 0 Å². The third-order valence-corrected chi connectivity index (χ3v) is 2.24. The molecule has 0 heterocycles. The van der Waals surface area contributed by atoms with Gasteiger partial charge in [0, 0.05) is 17.3 Å². The minimum atomic E-state index is 0.0813. The summed E-state index contributed by atoms with van der Waals surface area (Å²) >= 11 is 0. The molecule has 1 N–H and O–H groups in total. The van der Waals surface area contributed by atoms with Gasteiger partial charge in [-0.25, -0.2) is 0 Å². The lowest BCUT2D eigenvalue weighted by Crippen LogP contribution is -2.13. The molecule has 0 saturated carbocycles. The average molecular weight is 210 g/mol. The number of rotatable bonds is 4. The summed E-state index contributed by atoms with van der Waals surface area (Å²) in [5, 5.41) is 3.04. The molecule has 0 aliphatic carbocycles. The van der Waals surface area contributed by atoms with Crippen molar-refractivity contribution >= 4 is 11.5 Å². The second-order valence-electron chi connectivity index (χ2n) is 3.42. The zero-order valence-electron chi connectivity index (χ0n) is 8.81. The van der Waals surface area contributed by atoms with E-state index in [-0.39, 0.29) is 5.78 Å². The Kier molecular flexibility index (Phi) is 3.34. The van der Waals surface area contributed by atoms with Gasteiger partial charge in [0.15, 0.2) is 5.78 Å². The number of hydrogen-bond acceptors (Lipinski definition) is 2. The maximum Gasteiger partial charge on any atom is 0.181 e. The smallest absolute Gasteiger partial charge is 0.181 e. The van der Waals surface area contributed by atoms with Crippen LogP contribution in [0.15, 0.2) is 54.6 Å². The second kappa shape index (κ2) is 5.12. The van der Waals surface area contributed by atoms with E-state index in [1.807, 2.05) is 54.6 Å². The molecule has 0 fully saturated rings. The maximum atomic E-state index is 11.7. The van der Waals surface area contributed by atoms with Crippen LogP contribution in [0.1, 0.15) is 10.4 Å². The number of carbonyl (C=O) groups excluding carboxylic acids is 1. The van der Waals surface area contributed by atoms with E-state index in [1.54, 1.807) is 0 Å². The van der Waals surface area contributed by atoms with Crippen LogP contribution in [0.3, 0.4) is 0 Å². The summed E-state index contributed by atoms with van der Waals surface area (Å²) in [6.07, 6.45) is 0. The van der Waals surface area contributed by atoms with Gasteiger partial charge in [-0.05, 0) is 6.07 Å². The molecular weight excluding hydrogens is 198 g/mol. The normalized spacial score (nSPS) is 9.75. The van der Waals surface area contributed by atoms with Crippen LogP contribution >= 0.6 is 0 Å². The monoisotopic (exact) mass is 210 g/mol. The minimum absolute atomic E-state index is 0.0813. The standard InChI is InChI=1S/C14H12NO/c16-14(12-7-3-1-4-8-12)11-15-13-9-5-2-6-10-13/h1-9,15H,11H2. The summed E-state index contributed by atoms with van der Waals surface area (Å²) in [6, 6.07) is 19.8. The lowest BCUT2D eigenvalue weighted by atomic mass is 10.1. The molecule has 0 amide bonds. The number of anilines is 1. The average Bonchev–Trinajstić information content (AvgIpc) is 2.38. The minimum Gasteiger partial charge on any atom is -0.377 e. The highest BCUT2D eigenvalue weighted by molar-refractivity contribution is 5.98. The summed E-state index contributed by atoms with van der Waals surface area (Å²) in [6.45, 7) is 0.296. The summed E-state index contributed by atoms with van der Waals surface area (Å²) in [5.74, 6) is 0.0813. The Morgan fingerprint density at radius 2 is 1.81 bits per heavy atom. The number of Topliss-reactive ketones (excluding diaryl/α,β-unsaturated/α-hetero) is 1. The molecule has 0 unspecified atom stereocenters. The fourth-order valence-electron chi connectivity index (χ4n) is 1.40. The first-order chi connectivity index (χ1) is 7.86. The van der Waals surface area contributed by atoms with Gasteiger partial charge in [0.2, 0.25) is 0 Å². The van der Waals surface area contributed by atoms with Crippen LogP contribution in [-0.2, 0) is 0 Å². The quantitative estimate of drug-likeness (QED) is 0.786. The highest BCUT2D eigenvalue weighted by Gasteiger charge is 2.03. The molecule has 0 saturated heterocycles. The van der Waals surface area contributed by atoms with Gasteiger partial charge in [0.25, 0.3) is 0 Å². The van der Waals surface area contributed by atoms with Crippen LogP contribution in [0, 0.1) is 6.07 Å². The fraction of sp³-hybridized carbons (Fsp3) is 0.0714. The van der Waals surface area contributed by atoms with Crippen molar-refractivity contribution in [3.63, 3.8) is 0 Å². The van der Waals surface area contributed by atoms with Crippen molar-refractivity contribution in [3.8, 4) is 0 Å². The molecular formula is C14H12NO. The lowest BCUT2D eigenvalue weighted by molar-refractivity contribution is 0.101. The molecule has 2 heteroatoms. The predicted molar refractivity (Wildman–Crippen MR) is 64.5 cm³/mol. The number of benzene rings is 2. The van der Waals surface area contributed by atoms with Crippen molar-refractivity contribution < 1.29 is 4.79 Å². The molecule has 79 valence electrons. The van der Waals surface area contributed by atoms with E-state index in [1.165, 1.54) is 0 Å². The Labute approximate surface area is 94.9 Å². The van der Waals surface area contributed by atoms with Crippen LogP contribution < -0.4 is 5.32 Å². The fourth-order valence-corrected chi connectivity index (χ4v) is 1.40. The van der Waals surface area contributed by atoms with Crippen LogP contribution in [0.25, 0.3) is 0 Å². The first kappa shape index (κ1) is 10.4. The Balaban J connectivity index is 1.95. The van der Waals surface area contributed by atoms with Crippen LogP contribution in [-0.4, -0.2) is 12.3 Å². The Bertz CT molecular complexity index is 451. The van der Waals surface area contributed by atoms with Crippen molar-refractivity contribution in [3.05, 3.63) is 66.2 Å². The van der Waals surface area contributed by atoms with E-state index in [4.69, 9.17) is 0 Å². The predicted octanol–water partition coefficient (Wildman–Crippen LogP) is 2.78. The molecule has 0 aromatic heterocycles. The van der Waals surface area contributed by atoms with Crippen LogP contribution in [0.4, 0.5) is 5.69 Å². The third kappa shape index (κ3) is 2.70. The topological polar surface area (TPSA) is 29.1 Å².